The molecule has 0 atom stereocenters. The predicted molar refractivity (Wildman–Crippen MR) is 79.9 cm³/mol. The highest BCUT2D eigenvalue weighted by atomic mass is 79.9. The van der Waals surface area contributed by atoms with Crippen molar-refractivity contribution in [3.05, 3.63) is 51.8 Å². The van der Waals surface area contributed by atoms with Crippen molar-refractivity contribution in [3.63, 3.8) is 0 Å². The first kappa shape index (κ1) is 15.2. The van der Waals surface area contributed by atoms with E-state index < -0.39 is 0 Å². The number of nitrogens with zero attached hydrogens (tertiary/aromatic N) is 2. The summed E-state index contributed by atoms with van der Waals surface area (Å²) in [6.45, 7) is 0.356. The van der Waals surface area contributed by atoms with E-state index in [0.29, 0.717) is 17.8 Å². The van der Waals surface area contributed by atoms with Gasteiger partial charge in [-0.25, -0.2) is 4.79 Å². The van der Waals surface area contributed by atoms with E-state index >= 15 is 0 Å². The molecule has 2 rings (SSSR count). The highest BCUT2D eigenvalue weighted by Gasteiger charge is 2.11. The number of hydrogen-bond acceptors (Lipinski definition) is 4. The van der Waals surface area contributed by atoms with Crippen LogP contribution in [0.5, 0.6) is 0 Å². The molecule has 0 unspecified atom stereocenters. The van der Waals surface area contributed by atoms with Gasteiger partial charge in [-0.1, -0.05) is 12.1 Å². The summed E-state index contributed by atoms with van der Waals surface area (Å²) >= 11 is 3.29. The molecule has 0 saturated carbocycles. The molecule has 21 heavy (non-hydrogen) atoms. The molecule has 110 valence electrons. The lowest BCUT2D eigenvalue weighted by molar-refractivity contribution is 0.0600. The third-order valence-corrected chi connectivity index (χ3v) is 3.63. The topological polar surface area (TPSA) is 73.2 Å². The van der Waals surface area contributed by atoms with Crippen molar-refractivity contribution in [2.45, 2.75) is 6.54 Å². The molecule has 0 saturated heterocycles. The minimum absolute atomic E-state index is 0.256. The van der Waals surface area contributed by atoms with E-state index in [0.717, 1.165) is 10.2 Å². The fourth-order valence-corrected chi connectivity index (χ4v) is 2.00. The van der Waals surface area contributed by atoms with Crippen molar-refractivity contribution >= 4 is 27.8 Å². The second-order valence-corrected chi connectivity index (χ2v) is 5.16. The lowest BCUT2D eigenvalue weighted by Crippen LogP contribution is -2.23. The standard InChI is InChI=1S/C14H14BrN3O3/c1-18-12(15)7-11(17-18)13(19)16-8-9-3-5-10(6-4-9)14(20)21-2/h3-7H,8H2,1-2H3,(H,16,19). The molecule has 1 aromatic carbocycles. The van der Waals surface area contributed by atoms with Crippen LogP contribution in [0, 0.1) is 0 Å². The molecule has 0 bridgehead atoms. The van der Waals surface area contributed by atoms with Crippen LogP contribution in [0.1, 0.15) is 26.4 Å². The van der Waals surface area contributed by atoms with Crippen LogP contribution in [-0.2, 0) is 18.3 Å². The summed E-state index contributed by atoms with van der Waals surface area (Å²) in [6.07, 6.45) is 0. The van der Waals surface area contributed by atoms with Crippen molar-refractivity contribution in [1.29, 1.82) is 0 Å². The van der Waals surface area contributed by atoms with Gasteiger partial charge in [0.25, 0.3) is 5.91 Å². The Morgan fingerprint density at radius 2 is 2.00 bits per heavy atom. The zero-order valence-electron chi connectivity index (χ0n) is 11.6. The van der Waals surface area contributed by atoms with Crippen LogP contribution >= 0.6 is 15.9 Å². The van der Waals surface area contributed by atoms with Crippen molar-refractivity contribution in [3.8, 4) is 0 Å². The van der Waals surface area contributed by atoms with Crippen LogP contribution < -0.4 is 5.32 Å². The normalized spacial score (nSPS) is 10.2. The van der Waals surface area contributed by atoms with Crippen LogP contribution in [0.25, 0.3) is 0 Å². The number of esters is 1. The Morgan fingerprint density at radius 3 is 2.52 bits per heavy atom. The van der Waals surface area contributed by atoms with E-state index in [1.807, 2.05) is 0 Å². The van der Waals surface area contributed by atoms with Gasteiger partial charge < -0.3 is 10.1 Å². The SMILES string of the molecule is COC(=O)c1ccc(CNC(=O)c2cc(Br)n(C)n2)cc1. The molecule has 1 N–H and O–H groups in total. The van der Waals surface area contributed by atoms with Crippen LogP contribution in [0.4, 0.5) is 0 Å². The summed E-state index contributed by atoms with van der Waals surface area (Å²) in [5.74, 6) is -0.641. The molecule has 0 radical (unpaired) electrons. The fourth-order valence-electron chi connectivity index (χ4n) is 1.70. The second kappa shape index (κ2) is 6.53. The number of ether oxygens (including phenoxy) is 1. The number of aromatic nitrogens is 2. The van der Waals surface area contributed by atoms with Crippen molar-refractivity contribution in [1.82, 2.24) is 15.1 Å². The Kier molecular flexibility index (Phi) is 4.74. The smallest absolute Gasteiger partial charge is 0.337 e. The Bertz CT molecular complexity index is 645. The number of halogens is 1. The number of aryl methyl sites for hydroxylation is 1. The number of carbonyl (C=O) groups is 2. The lowest BCUT2D eigenvalue weighted by Gasteiger charge is -2.04. The average Bonchev–Trinajstić information content (AvgIpc) is 2.84. The Morgan fingerprint density at radius 1 is 1.33 bits per heavy atom. The predicted octanol–water partition coefficient (Wildman–Crippen LogP) is 1.90. The largest absolute Gasteiger partial charge is 0.465 e. The molecular formula is C14H14BrN3O3. The summed E-state index contributed by atoms with van der Waals surface area (Å²) in [5, 5.41) is 6.83. The van der Waals surface area contributed by atoms with Crippen LogP contribution in [-0.4, -0.2) is 28.8 Å². The van der Waals surface area contributed by atoms with Gasteiger partial charge in [0.2, 0.25) is 0 Å². The maximum absolute atomic E-state index is 11.9. The molecule has 1 amide bonds. The number of amides is 1. The zero-order chi connectivity index (χ0) is 15.4. The minimum Gasteiger partial charge on any atom is -0.465 e. The summed E-state index contributed by atoms with van der Waals surface area (Å²) in [4.78, 5) is 23.2. The van der Waals surface area contributed by atoms with Gasteiger partial charge in [-0.3, -0.25) is 9.48 Å². The molecule has 7 heteroatoms. The maximum atomic E-state index is 11.9. The number of hydrogen-bond donors (Lipinski definition) is 1. The van der Waals surface area contributed by atoms with Crippen molar-refractivity contribution in [2.24, 2.45) is 7.05 Å². The third-order valence-electron chi connectivity index (χ3n) is 2.88. The molecule has 0 aliphatic carbocycles. The summed E-state index contributed by atoms with van der Waals surface area (Å²) in [5.41, 5.74) is 1.70. The van der Waals surface area contributed by atoms with Crippen LogP contribution in [0.3, 0.4) is 0 Å². The highest BCUT2D eigenvalue weighted by Crippen LogP contribution is 2.10. The maximum Gasteiger partial charge on any atom is 0.337 e. The Labute approximate surface area is 130 Å². The minimum atomic E-state index is -0.385. The molecule has 6 nitrogen and oxygen atoms in total. The highest BCUT2D eigenvalue weighted by molar-refractivity contribution is 9.10. The quantitative estimate of drug-likeness (QED) is 0.853. The van der Waals surface area contributed by atoms with Gasteiger partial charge in [0.05, 0.1) is 12.7 Å². The number of benzene rings is 1. The number of methoxy groups -OCH3 is 1. The van der Waals surface area contributed by atoms with E-state index in [-0.39, 0.29) is 11.9 Å². The number of carbonyl (C=O) groups excluding carboxylic acids is 2. The molecule has 2 aromatic rings. The van der Waals surface area contributed by atoms with Gasteiger partial charge in [0.1, 0.15) is 4.60 Å². The first-order valence-corrected chi connectivity index (χ1v) is 6.95. The molecular weight excluding hydrogens is 338 g/mol. The molecule has 0 aliphatic heterocycles. The van der Waals surface area contributed by atoms with Crippen molar-refractivity contribution < 1.29 is 14.3 Å². The summed E-state index contributed by atoms with van der Waals surface area (Å²) < 4.78 is 6.92. The van der Waals surface area contributed by atoms with Crippen molar-refractivity contribution in [2.75, 3.05) is 7.11 Å². The molecule has 0 spiro atoms. The lowest BCUT2D eigenvalue weighted by atomic mass is 10.1. The zero-order valence-corrected chi connectivity index (χ0v) is 13.2. The van der Waals surface area contributed by atoms with Gasteiger partial charge >= 0.3 is 5.97 Å². The van der Waals surface area contributed by atoms with Gasteiger partial charge in [0.15, 0.2) is 5.69 Å². The Hall–Kier alpha value is -2.15. The fraction of sp³-hybridized carbons (Fsp3) is 0.214. The van der Waals surface area contributed by atoms with E-state index in [1.54, 1.807) is 42.1 Å². The third kappa shape index (κ3) is 3.69. The molecule has 1 aromatic heterocycles. The first-order chi connectivity index (χ1) is 10.0. The van der Waals surface area contributed by atoms with Crippen LogP contribution in [0.15, 0.2) is 34.9 Å². The van der Waals surface area contributed by atoms with E-state index in [9.17, 15) is 9.59 Å². The number of rotatable bonds is 4. The van der Waals surface area contributed by atoms with E-state index in [4.69, 9.17) is 0 Å². The monoisotopic (exact) mass is 351 g/mol. The van der Waals surface area contributed by atoms with Gasteiger partial charge in [-0.2, -0.15) is 5.10 Å². The van der Waals surface area contributed by atoms with E-state index in [1.165, 1.54) is 7.11 Å². The first-order valence-electron chi connectivity index (χ1n) is 6.16. The Balaban J connectivity index is 1.96. The summed E-state index contributed by atoms with van der Waals surface area (Å²) in [7, 11) is 3.08. The van der Waals surface area contributed by atoms with Gasteiger partial charge in [0, 0.05) is 19.7 Å². The van der Waals surface area contributed by atoms with Crippen LogP contribution in [0.2, 0.25) is 0 Å². The van der Waals surface area contributed by atoms with Gasteiger partial charge in [-0.15, -0.1) is 0 Å². The van der Waals surface area contributed by atoms with E-state index in [2.05, 4.69) is 31.1 Å². The average molecular weight is 352 g/mol. The summed E-state index contributed by atoms with van der Waals surface area (Å²) in [6, 6.07) is 8.49. The molecule has 0 aliphatic rings. The van der Waals surface area contributed by atoms with Gasteiger partial charge in [-0.05, 0) is 33.6 Å². The second-order valence-electron chi connectivity index (χ2n) is 4.35. The number of nitrogens with one attached hydrogen (secondary N) is 1. The molecule has 0 fully saturated rings. The molecule has 1 heterocycles.